The lowest BCUT2D eigenvalue weighted by molar-refractivity contribution is -0.141. The van der Waals surface area contributed by atoms with Crippen LogP contribution in [0.2, 0.25) is 5.02 Å². The van der Waals surface area contributed by atoms with E-state index in [2.05, 4.69) is 0 Å². The van der Waals surface area contributed by atoms with Crippen LogP contribution in [0.5, 0.6) is 5.75 Å². The van der Waals surface area contributed by atoms with Crippen LogP contribution in [0, 0.1) is 0 Å². The van der Waals surface area contributed by atoms with E-state index in [0.29, 0.717) is 17.0 Å². The fourth-order valence-corrected chi connectivity index (χ4v) is 6.28. The second kappa shape index (κ2) is 9.14. The Hall–Kier alpha value is -2.92. The van der Waals surface area contributed by atoms with Gasteiger partial charge in [-0.3, -0.25) is 9.59 Å². The average Bonchev–Trinajstić information content (AvgIpc) is 3.15. The van der Waals surface area contributed by atoms with Crippen LogP contribution in [-0.2, 0) is 21.4 Å². The van der Waals surface area contributed by atoms with Crippen molar-refractivity contribution in [2.45, 2.75) is 17.5 Å². The molecule has 0 saturated carbocycles. The topological polar surface area (TPSA) is 104 Å². The van der Waals surface area contributed by atoms with E-state index in [1.807, 2.05) is 0 Å². The molecule has 1 aliphatic rings. The molecule has 0 bridgehead atoms. The van der Waals surface area contributed by atoms with E-state index >= 15 is 0 Å². The number of anilines is 1. The van der Waals surface area contributed by atoms with Crippen LogP contribution in [0.15, 0.2) is 64.9 Å². The summed E-state index contributed by atoms with van der Waals surface area (Å²) in [6.45, 7) is -0.599. The third-order valence-electron chi connectivity index (χ3n) is 5.32. The summed E-state index contributed by atoms with van der Waals surface area (Å²) in [6.07, 6.45) is 0. The van der Waals surface area contributed by atoms with Gasteiger partial charge in [-0.15, -0.1) is 11.3 Å². The number of sulfonamides is 1. The second-order valence-corrected chi connectivity index (χ2v) is 10.4. The van der Waals surface area contributed by atoms with Gasteiger partial charge in [0.25, 0.3) is 5.91 Å². The third kappa shape index (κ3) is 4.34. The van der Waals surface area contributed by atoms with Gasteiger partial charge in [0.15, 0.2) is 0 Å². The molecule has 0 aliphatic carbocycles. The molecule has 172 valence electrons. The first-order valence-corrected chi connectivity index (χ1v) is 12.4. The van der Waals surface area contributed by atoms with Crippen molar-refractivity contribution in [3.8, 4) is 5.75 Å². The van der Waals surface area contributed by atoms with Gasteiger partial charge >= 0.3 is 5.97 Å². The number of hydrogen-bond acceptors (Lipinski definition) is 6. The molecule has 0 spiro atoms. The number of carboxylic acid groups (broad SMARTS) is 1. The molecule has 1 unspecified atom stereocenters. The largest absolute Gasteiger partial charge is 0.497 e. The normalized spacial score (nSPS) is 16.7. The first-order valence-electron chi connectivity index (χ1n) is 9.75. The van der Waals surface area contributed by atoms with Gasteiger partial charge < -0.3 is 14.7 Å². The number of nitrogens with zero attached hydrogens (tertiary/aromatic N) is 2. The Morgan fingerprint density at radius 2 is 1.82 bits per heavy atom. The summed E-state index contributed by atoms with van der Waals surface area (Å²) in [5, 5.41) is 11.9. The predicted molar refractivity (Wildman–Crippen MR) is 125 cm³/mol. The summed E-state index contributed by atoms with van der Waals surface area (Å²) >= 11 is 7.29. The lowest BCUT2D eigenvalue weighted by Crippen LogP contribution is -2.50. The highest BCUT2D eigenvalue weighted by Crippen LogP contribution is 2.34. The van der Waals surface area contributed by atoms with Crippen LogP contribution in [0.4, 0.5) is 5.69 Å². The Labute approximate surface area is 199 Å². The number of rotatable bonds is 5. The molecule has 3 aromatic rings. The Morgan fingerprint density at radius 1 is 1.12 bits per heavy atom. The van der Waals surface area contributed by atoms with Crippen LogP contribution < -0.4 is 9.64 Å². The Morgan fingerprint density at radius 3 is 2.42 bits per heavy atom. The van der Waals surface area contributed by atoms with Crippen molar-refractivity contribution in [1.29, 1.82) is 0 Å². The number of para-hydroxylation sites is 1. The molecule has 0 saturated heterocycles. The molecule has 0 fully saturated rings. The molecule has 11 heteroatoms. The molecule has 1 atom stereocenters. The highest BCUT2D eigenvalue weighted by Gasteiger charge is 2.42. The number of benzene rings is 2. The molecule has 1 aromatic heterocycles. The predicted octanol–water partition coefficient (Wildman–Crippen LogP) is 3.71. The number of aliphatic carboxylic acids is 1. The Balaban J connectivity index is 1.82. The minimum atomic E-state index is -4.22. The van der Waals surface area contributed by atoms with Crippen molar-refractivity contribution in [3.05, 3.63) is 75.4 Å². The van der Waals surface area contributed by atoms with Gasteiger partial charge in [0.1, 0.15) is 16.7 Å². The average molecular weight is 507 g/mol. The quantitative estimate of drug-likeness (QED) is 0.565. The summed E-state index contributed by atoms with van der Waals surface area (Å²) in [6, 6.07) is 12.5. The standard InChI is InChI=1S/C22H19ClN2O6S2/c1-31-15-6-8-16(9-7-15)33(29,30)25-12-14-4-2-3-5-18(14)24(13-19(25)22(27)28)21(26)20-17(23)10-11-32-20/h2-11,19H,12-13H2,1H3,(H,27,28). The molecule has 1 amide bonds. The lowest BCUT2D eigenvalue weighted by atomic mass is 10.1. The number of hydrogen-bond donors (Lipinski definition) is 1. The maximum absolute atomic E-state index is 13.5. The minimum Gasteiger partial charge on any atom is -0.497 e. The maximum atomic E-state index is 13.5. The summed E-state index contributed by atoms with van der Waals surface area (Å²) in [5.74, 6) is -1.39. The van der Waals surface area contributed by atoms with E-state index in [4.69, 9.17) is 16.3 Å². The SMILES string of the molecule is COc1ccc(S(=O)(=O)N2Cc3ccccc3N(C(=O)c3sccc3Cl)CC2C(=O)O)cc1. The summed E-state index contributed by atoms with van der Waals surface area (Å²) in [5.41, 5.74) is 0.935. The summed E-state index contributed by atoms with van der Waals surface area (Å²) in [4.78, 5) is 27.1. The van der Waals surface area contributed by atoms with Gasteiger partial charge in [0.05, 0.1) is 23.6 Å². The van der Waals surface area contributed by atoms with Gasteiger partial charge in [-0.1, -0.05) is 29.8 Å². The van der Waals surface area contributed by atoms with E-state index in [1.165, 1.54) is 36.3 Å². The first-order chi connectivity index (χ1) is 15.7. The number of carboxylic acids is 1. The zero-order valence-corrected chi connectivity index (χ0v) is 19.7. The number of methoxy groups -OCH3 is 1. The first kappa shape index (κ1) is 23.2. The molecular weight excluding hydrogens is 488 g/mol. The van der Waals surface area contributed by atoms with E-state index < -0.39 is 27.9 Å². The van der Waals surface area contributed by atoms with Crippen molar-refractivity contribution in [1.82, 2.24) is 4.31 Å². The monoisotopic (exact) mass is 506 g/mol. The third-order valence-corrected chi connectivity index (χ3v) is 8.52. The van der Waals surface area contributed by atoms with E-state index in [1.54, 1.807) is 35.7 Å². The van der Waals surface area contributed by atoms with Crippen LogP contribution >= 0.6 is 22.9 Å². The van der Waals surface area contributed by atoms with E-state index in [-0.39, 0.29) is 27.9 Å². The maximum Gasteiger partial charge on any atom is 0.323 e. The van der Waals surface area contributed by atoms with Gasteiger partial charge in [0, 0.05) is 12.2 Å². The number of carbonyl (C=O) groups is 2. The van der Waals surface area contributed by atoms with Gasteiger partial charge in [-0.25, -0.2) is 8.42 Å². The number of carbonyl (C=O) groups excluding carboxylic acids is 1. The molecule has 1 aliphatic heterocycles. The smallest absolute Gasteiger partial charge is 0.323 e. The molecule has 1 N–H and O–H groups in total. The molecule has 33 heavy (non-hydrogen) atoms. The number of ether oxygens (including phenoxy) is 1. The van der Waals surface area contributed by atoms with Gasteiger partial charge in [-0.2, -0.15) is 4.31 Å². The molecular formula is C22H19ClN2O6S2. The summed E-state index contributed by atoms with van der Waals surface area (Å²) < 4.78 is 33.0. The molecule has 2 aromatic carbocycles. The lowest BCUT2D eigenvalue weighted by Gasteiger charge is -2.28. The molecule has 0 radical (unpaired) electrons. The van der Waals surface area contributed by atoms with Crippen LogP contribution in [0.1, 0.15) is 15.2 Å². The molecule has 2 heterocycles. The fraction of sp³-hybridized carbons (Fsp3) is 0.182. The highest BCUT2D eigenvalue weighted by atomic mass is 35.5. The molecule has 8 nitrogen and oxygen atoms in total. The Bertz CT molecular complexity index is 1310. The number of fused-ring (bicyclic) bond motifs is 1. The zero-order valence-electron chi connectivity index (χ0n) is 17.3. The number of thiophene rings is 1. The van der Waals surface area contributed by atoms with Crippen LogP contribution in [0.3, 0.4) is 0 Å². The van der Waals surface area contributed by atoms with Crippen molar-refractivity contribution in [3.63, 3.8) is 0 Å². The van der Waals surface area contributed by atoms with Crippen molar-refractivity contribution >= 4 is 50.5 Å². The number of halogens is 1. The van der Waals surface area contributed by atoms with E-state index in [0.717, 1.165) is 15.6 Å². The van der Waals surface area contributed by atoms with Crippen LogP contribution in [0.25, 0.3) is 0 Å². The van der Waals surface area contributed by atoms with Gasteiger partial charge in [-0.05, 0) is 47.3 Å². The minimum absolute atomic E-state index is 0.0758. The van der Waals surface area contributed by atoms with Crippen molar-refractivity contribution < 1.29 is 27.9 Å². The molecule has 4 rings (SSSR count). The van der Waals surface area contributed by atoms with E-state index in [9.17, 15) is 23.1 Å². The van der Waals surface area contributed by atoms with Crippen LogP contribution in [-0.4, -0.2) is 49.4 Å². The van der Waals surface area contributed by atoms with Gasteiger partial charge in [0.2, 0.25) is 10.0 Å². The summed E-state index contributed by atoms with van der Waals surface area (Å²) in [7, 11) is -2.76. The van der Waals surface area contributed by atoms with Crippen molar-refractivity contribution in [2.24, 2.45) is 0 Å². The Kier molecular flexibility index (Phi) is 6.44. The van der Waals surface area contributed by atoms with Crippen molar-refractivity contribution in [2.75, 3.05) is 18.6 Å². The fourth-order valence-electron chi connectivity index (χ4n) is 3.65. The number of amides is 1. The zero-order chi connectivity index (χ0) is 23.8. The highest BCUT2D eigenvalue weighted by molar-refractivity contribution is 7.89. The second-order valence-electron chi connectivity index (χ2n) is 7.22.